The van der Waals surface area contributed by atoms with Crippen LogP contribution in [0.3, 0.4) is 0 Å². The molecule has 2 amide bonds. The van der Waals surface area contributed by atoms with Gasteiger partial charge in [-0.25, -0.2) is 28.2 Å². The molecule has 0 spiro atoms. The van der Waals surface area contributed by atoms with E-state index in [1.165, 1.54) is 13.2 Å². The fourth-order valence-electron chi connectivity index (χ4n) is 4.52. The molecule has 1 saturated heterocycles. The van der Waals surface area contributed by atoms with Crippen LogP contribution in [-0.4, -0.2) is 56.6 Å². The first-order valence-electron chi connectivity index (χ1n) is 12.7. The minimum Gasteiger partial charge on any atom is -0.467 e. The smallest absolute Gasteiger partial charge is 0.320 e. The Kier molecular flexibility index (Phi) is 7.71. The highest BCUT2D eigenvalue weighted by Crippen LogP contribution is 2.33. The molecule has 0 bridgehead atoms. The number of aromatic nitrogens is 4. The largest absolute Gasteiger partial charge is 0.467 e. The van der Waals surface area contributed by atoms with Crippen LogP contribution in [0.2, 0.25) is 0 Å². The van der Waals surface area contributed by atoms with Crippen molar-refractivity contribution in [2.24, 2.45) is 0 Å². The van der Waals surface area contributed by atoms with E-state index >= 15 is 0 Å². The van der Waals surface area contributed by atoms with Gasteiger partial charge in [-0.1, -0.05) is 24.3 Å². The number of benzene rings is 2. The van der Waals surface area contributed by atoms with Crippen LogP contribution in [0.25, 0.3) is 16.9 Å². The Morgan fingerprint density at radius 2 is 1.82 bits per heavy atom. The normalized spacial score (nSPS) is 17.3. The van der Waals surface area contributed by atoms with Crippen molar-refractivity contribution in [3.05, 3.63) is 83.7 Å². The van der Waals surface area contributed by atoms with Gasteiger partial charge in [-0.3, -0.25) is 10.2 Å². The molecule has 2 aromatic carbocycles. The molecule has 5 rings (SSSR count). The molecule has 10 nitrogen and oxygen atoms in total. The van der Waals surface area contributed by atoms with Crippen LogP contribution < -0.4 is 15.4 Å². The average Bonchev–Trinajstić information content (AvgIpc) is 3.52. The standard InChI is InChI=1S/C28H29F2N7O3/c1-16(2)36-15-23(25(40-36)18-10-11-21(29)22(30)12-18)33-27(38)34-26-17(3)24(19-13-31-28(39-4)32-14-19)35-37(26)20-8-6-5-7-9-20/h5-14,16,23,25H,15H2,1-4H3,(H2,33,34,38)/t23-,25+/m1/s1. The quantitative estimate of drug-likeness (QED) is 0.341. The lowest BCUT2D eigenvalue weighted by Gasteiger charge is -2.20. The number of halogens is 2. The van der Waals surface area contributed by atoms with Crippen molar-refractivity contribution in [3.63, 3.8) is 0 Å². The summed E-state index contributed by atoms with van der Waals surface area (Å²) in [5.41, 5.74) is 3.07. The van der Waals surface area contributed by atoms with E-state index in [0.717, 1.165) is 17.8 Å². The Hall–Kier alpha value is -4.42. The zero-order valence-electron chi connectivity index (χ0n) is 22.4. The molecule has 2 N–H and O–H groups in total. The Labute approximate surface area is 229 Å². The van der Waals surface area contributed by atoms with Crippen LogP contribution in [-0.2, 0) is 4.84 Å². The van der Waals surface area contributed by atoms with E-state index in [4.69, 9.17) is 14.7 Å². The minimum absolute atomic E-state index is 0.00122. The molecular formula is C28H29F2N7O3. The summed E-state index contributed by atoms with van der Waals surface area (Å²) in [5, 5.41) is 12.3. The number of rotatable bonds is 7. The lowest BCUT2D eigenvalue weighted by atomic mass is 10.0. The van der Waals surface area contributed by atoms with E-state index < -0.39 is 29.8 Å². The number of carbonyl (C=O) groups is 1. The van der Waals surface area contributed by atoms with Gasteiger partial charge in [0.05, 0.1) is 18.8 Å². The van der Waals surface area contributed by atoms with E-state index in [-0.39, 0.29) is 12.1 Å². The Balaban J connectivity index is 1.44. The third-order valence-corrected chi connectivity index (χ3v) is 6.59. The van der Waals surface area contributed by atoms with E-state index in [0.29, 0.717) is 34.7 Å². The number of hydroxylamine groups is 2. The third-order valence-electron chi connectivity index (χ3n) is 6.59. The van der Waals surface area contributed by atoms with Gasteiger partial charge >= 0.3 is 12.0 Å². The lowest BCUT2D eigenvalue weighted by Crippen LogP contribution is -2.43. The zero-order valence-corrected chi connectivity index (χ0v) is 22.4. The fraction of sp³-hybridized carbons (Fsp3) is 0.286. The van der Waals surface area contributed by atoms with Gasteiger partial charge in [0.1, 0.15) is 17.6 Å². The number of carbonyl (C=O) groups excluding carboxylic acids is 1. The molecule has 0 aliphatic carbocycles. The molecule has 40 heavy (non-hydrogen) atoms. The molecule has 2 aromatic heterocycles. The molecule has 0 radical (unpaired) electrons. The van der Waals surface area contributed by atoms with Crippen molar-refractivity contribution < 1.29 is 23.1 Å². The second-order valence-electron chi connectivity index (χ2n) is 9.63. The van der Waals surface area contributed by atoms with Gasteiger partial charge < -0.3 is 10.1 Å². The minimum atomic E-state index is -0.982. The lowest BCUT2D eigenvalue weighted by molar-refractivity contribution is -0.167. The number of para-hydroxylation sites is 1. The Bertz CT molecular complexity index is 1500. The average molecular weight is 550 g/mol. The van der Waals surface area contributed by atoms with E-state index in [2.05, 4.69) is 20.6 Å². The molecule has 12 heteroatoms. The summed E-state index contributed by atoms with van der Waals surface area (Å²) < 4.78 is 34.3. The summed E-state index contributed by atoms with van der Waals surface area (Å²) in [6.07, 6.45) is 2.49. The molecule has 208 valence electrons. The molecule has 4 aromatic rings. The van der Waals surface area contributed by atoms with Crippen LogP contribution in [0.5, 0.6) is 6.01 Å². The first-order chi connectivity index (χ1) is 19.2. The van der Waals surface area contributed by atoms with Crippen molar-refractivity contribution in [3.8, 4) is 23.0 Å². The molecule has 0 saturated carbocycles. The molecule has 1 fully saturated rings. The monoisotopic (exact) mass is 549 g/mol. The number of hydrogen-bond donors (Lipinski definition) is 2. The maximum absolute atomic E-state index is 14.0. The molecule has 2 atom stereocenters. The van der Waals surface area contributed by atoms with Gasteiger partial charge in [0, 0.05) is 36.1 Å². The summed E-state index contributed by atoms with van der Waals surface area (Å²) in [4.78, 5) is 27.8. The van der Waals surface area contributed by atoms with Crippen molar-refractivity contribution in [2.75, 3.05) is 19.0 Å². The van der Waals surface area contributed by atoms with E-state index in [1.54, 1.807) is 22.1 Å². The summed E-state index contributed by atoms with van der Waals surface area (Å²) in [6, 6.07) is 12.1. The SMILES string of the molecule is COc1ncc(-c2nn(-c3ccccc3)c(NC(=O)N[C@@H]3CN(C(C)C)O[C@H]3c3ccc(F)c(F)c3)c2C)cn1. The van der Waals surface area contributed by atoms with Gasteiger partial charge in [-0.15, -0.1) is 0 Å². The first kappa shape index (κ1) is 27.2. The number of anilines is 1. The van der Waals surface area contributed by atoms with Gasteiger partial charge in [-0.2, -0.15) is 10.2 Å². The molecule has 3 heterocycles. The maximum atomic E-state index is 14.0. The summed E-state index contributed by atoms with van der Waals surface area (Å²) in [7, 11) is 1.48. The number of methoxy groups -OCH3 is 1. The van der Waals surface area contributed by atoms with Gasteiger partial charge in [0.2, 0.25) is 0 Å². The summed E-state index contributed by atoms with van der Waals surface area (Å²) in [5.74, 6) is -1.49. The highest BCUT2D eigenvalue weighted by molar-refractivity contribution is 5.91. The second-order valence-corrected chi connectivity index (χ2v) is 9.63. The van der Waals surface area contributed by atoms with E-state index in [1.807, 2.05) is 51.1 Å². The second kappa shape index (κ2) is 11.4. The number of ether oxygens (including phenoxy) is 1. The van der Waals surface area contributed by atoms with Gasteiger partial charge in [0.25, 0.3) is 0 Å². The van der Waals surface area contributed by atoms with Gasteiger partial charge in [-0.05, 0) is 50.6 Å². The van der Waals surface area contributed by atoms with Gasteiger partial charge in [0.15, 0.2) is 11.6 Å². The van der Waals surface area contributed by atoms with Crippen molar-refractivity contribution in [1.82, 2.24) is 30.1 Å². The van der Waals surface area contributed by atoms with Crippen molar-refractivity contribution in [1.29, 1.82) is 0 Å². The van der Waals surface area contributed by atoms with Crippen LogP contribution >= 0.6 is 0 Å². The summed E-state index contributed by atoms with van der Waals surface area (Å²) in [6.45, 7) is 6.07. The van der Waals surface area contributed by atoms with E-state index in [9.17, 15) is 13.6 Å². The number of nitrogens with zero attached hydrogens (tertiary/aromatic N) is 5. The Morgan fingerprint density at radius 1 is 1.10 bits per heavy atom. The number of nitrogens with one attached hydrogen (secondary N) is 2. The molecular weight excluding hydrogens is 520 g/mol. The number of urea groups is 1. The highest BCUT2D eigenvalue weighted by Gasteiger charge is 2.38. The van der Waals surface area contributed by atoms with Crippen molar-refractivity contribution >= 4 is 11.8 Å². The predicted octanol–water partition coefficient (Wildman–Crippen LogP) is 4.81. The topological polar surface area (TPSA) is 106 Å². The van der Waals surface area contributed by atoms with Crippen LogP contribution in [0.1, 0.15) is 31.1 Å². The first-order valence-corrected chi connectivity index (χ1v) is 12.7. The number of hydrogen-bond acceptors (Lipinski definition) is 7. The highest BCUT2D eigenvalue weighted by atomic mass is 19.2. The van der Waals surface area contributed by atoms with Crippen LogP contribution in [0, 0.1) is 18.6 Å². The maximum Gasteiger partial charge on any atom is 0.320 e. The summed E-state index contributed by atoms with van der Waals surface area (Å²) >= 11 is 0. The third kappa shape index (κ3) is 5.49. The van der Waals surface area contributed by atoms with Crippen LogP contribution in [0.4, 0.5) is 19.4 Å². The van der Waals surface area contributed by atoms with Crippen molar-refractivity contribution in [2.45, 2.75) is 39.0 Å². The molecule has 0 unspecified atom stereocenters. The molecule has 1 aliphatic heterocycles. The fourth-order valence-corrected chi connectivity index (χ4v) is 4.52. The molecule has 1 aliphatic rings. The zero-order chi connectivity index (χ0) is 28.4. The predicted molar refractivity (Wildman–Crippen MR) is 144 cm³/mol. The Morgan fingerprint density at radius 3 is 2.48 bits per heavy atom. The van der Waals surface area contributed by atoms with Crippen LogP contribution in [0.15, 0.2) is 60.9 Å². The number of amides is 2.